The van der Waals surface area contributed by atoms with Crippen LogP contribution in [0.15, 0.2) is 29.2 Å². The van der Waals surface area contributed by atoms with Gasteiger partial charge in [-0.1, -0.05) is 12.1 Å². The van der Waals surface area contributed by atoms with Gasteiger partial charge in [0, 0.05) is 11.5 Å². The molecule has 0 N–H and O–H groups in total. The van der Waals surface area contributed by atoms with E-state index in [0.29, 0.717) is 6.10 Å². The fourth-order valence-corrected chi connectivity index (χ4v) is 3.01. The van der Waals surface area contributed by atoms with Crippen LogP contribution in [0, 0.1) is 5.92 Å². The lowest BCUT2D eigenvalue weighted by Crippen LogP contribution is -2.21. The van der Waals surface area contributed by atoms with Crippen molar-refractivity contribution in [2.45, 2.75) is 56.4 Å². The van der Waals surface area contributed by atoms with Gasteiger partial charge in [-0.3, -0.25) is 0 Å². The Labute approximate surface area is 116 Å². The molecule has 0 saturated heterocycles. The molecule has 1 saturated carbocycles. The summed E-state index contributed by atoms with van der Waals surface area (Å²) in [7, 11) is 0. The summed E-state index contributed by atoms with van der Waals surface area (Å²) < 4.78 is 5.70. The normalized spacial score (nSPS) is 24.1. The Morgan fingerprint density at radius 3 is 2.39 bits per heavy atom. The summed E-state index contributed by atoms with van der Waals surface area (Å²) in [6.45, 7) is 2.96. The maximum atomic E-state index is 5.70. The molecule has 0 bridgehead atoms. The number of benzene rings is 1. The van der Waals surface area contributed by atoms with Crippen molar-refractivity contribution in [3.05, 3.63) is 29.8 Å². The quantitative estimate of drug-likeness (QED) is 0.770. The Morgan fingerprint density at radius 1 is 1.11 bits per heavy atom. The second-order valence-electron chi connectivity index (χ2n) is 5.30. The van der Waals surface area contributed by atoms with Crippen LogP contribution in [-0.2, 0) is 11.2 Å². The first-order chi connectivity index (χ1) is 8.78. The lowest BCUT2D eigenvalue weighted by atomic mass is 9.84. The van der Waals surface area contributed by atoms with E-state index in [0.717, 1.165) is 17.4 Å². The number of aryl methyl sites for hydroxylation is 1. The predicted octanol–water partition coefficient (Wildman–Crippen LogP) is 4.50. The Hall–Kier alpha value is -0.470. The third kappa shape index (κ3) is 4.33. The second kappa shape index (κ2) is 7.20. The standard InChI is InChI=1S/C16H24OS/c1-2-17-15-9-5-13(6-10-15)3-4-14-7-11-16(18)12-8-14/h7-8,11-13,15,18H,2-6,9-10H2,1H3. The molecule has 0 unspecified atom stereocenters. The first kappa shape index (κ1) is 14.0. The minimum atomic E-state index is 0.537. The molecule has 0 spiro atoms. The summed E-state index contributed by atoms with van der Waals surface area (Å²) >= 11 is 4.32. The molecule has 1 aliphatic carbocycles. The smallest absolute Gasteiger partial charge is 0.0575 e. The Balaban J connectivity index is 1.70. The van der Waals surface area contributed by atoms with Gasteiger partial charge in [-0.25, -0.2) is 0 Å². The SMILES string of the molecule is CCOC1CCC(CCc2ccc(S)cc2)CC1. The van der Waals surface area contributed by atoms with E-state index < -0.39 is 0 Å². The minimum absolute atomic E-state index is 0.537. The topological polar surface area (TPSA) is 9.23 Å². The number of rotatable bonds is 5. The Morgan fingerprint density at radius 2 is 1.78 bits per heavy atom. The van der Waals surface area contributed by atoms with Crippen LogP contribution in [0.25, 0.3) is 0 Å². The fraction of sp³-hybridized carbons (Fsp3) is 0.625. The monoisotopic (exact) mass is 264 g/mol. The molecule has 0 amide bonds. The molecule has 1 aromatic rings. The molecule has 2 heteroatoms. The van der Waals surface area contributed by atoms with E-state index in [1.54, 1.807) is 0 Å². The van der Waals surface area contributed by atoms with Crippen LogP contribution in [0.5, 0.6) is 0 Å². The van der Waals surface area contributed by atoms with Crippen molar-refractivity contribution in [2.75, 3.05) is 6.61 Å². The van der Waals surface area contributed by atoms with E-state index in [1.807, 2.05) is 0 Å². The fourth-order valence-electron chi connectivity index (χ4n) is 2.86. The first-order valence-corrected chi connectivity index (χ1v) is 7.62. The van der Waals surface area contributed by atoms with Gasteiger partial charge >= 0.3 is 0 Å². The van der Waals surface area contributed by atoms with Gasteiger partial charge in [0.05, 0.1) is 6.10 Å². The van der Waals surface area contributed by atoms with Crippen molar-refractivity contribution in [1.82, 2.24) is 0 Å². The van der Waals surface area contributed by atoms with Gasteiger partial charge in [-0.05, 0) is 69.1 Å². The number of ether oxygens (including phenoxy) is 1. The minimum Gasteiger partial charge on any atom is -0.379 e. The third-order valence-corrected chi connectivity index (χ3v) is 4.27. The Bertz CT molecular complexity index is 339. The average Bonchev–Trinajstić information content (AvgIpc) is 2.40. The van der Waals surface area contributed by atoms with Crippen molar-refractivity contribution in [2.24, 2.45) is 5.92 Å². The van der Waals surface area contributed by atoms with Crippen molar-refractivity contribution >= 4 is 12.6 Å². The maximum absolute atomic E-state index is 5.70. The van der Waals surface area contributed by atoms with Crippen LogP contribution in [-0.4, -0.2) is 12.7 Å². The summed E-state index contributed by atoms with van der Waals surface area (Å²) in [6.07, 6.45) is 8.27. The highest BCUT2D eigenvalue weighted by molar-refractivity contribution is 7.80. The van der Waals surface area contributed by atoms with E-state index in [9.17, 15) is 0 Å². The highest BCUT2D eigenvalue weighted by Gasteiger charge is 2.20. The molecule has 18 heavy (non-hydrogen) atoms. The number of hydrogen-bond acceptors (Lipinski definition) is 2. The molecule has 0 aliphatic heterocycles. The van der Waals surface area contributed by atoms with Gasteiger partial charge in [0.1, 0.15) is 0 Å². The molecule has 1 nitrogen and oxygen atoms in total. The van der Waals surface area contributed by atoms with Gasteiger partial charge in [-0.15, -0.1) is 12.6 Å². The van der Waals surface area contributed by atoms with Gasteiger partial charge in [-0.2, -0.15) is 0 Å². The summed E-state index contributed by atoms with van der Waals surface area (Å²) in [6, 6.07) is 8.58. The molecular formula is C16H24OS. The zero-order valence-corrected chi connectivity index (χ0v) is 12.2. The molecule has 0 atom stereocenters. The maximum Gasteiger partial charge on any atom is 0.0575 e. The lowest BCUT2D eigenvalue weighted by molar-refractivity contribution is 0.0248. The van der Waals surface area contributed by atoms with E-state index >= 15 is 0 Å². The van der Waals surface area contributed by atoms with Crippen molar-refractivity contribution in [3.8, 4) is 0 Å². The van der Waals surface area contributed by atoms with Crippen molar-refractivity contribution in [1.29, 1.82) is 0 Å². The van der Waals surface area contributed by atoms with Crippen LogP contribution in [0.1, 0.15) is 44.6 Å². The number of thiol groups is 1. The summed E-state index contributed by atoms with van der Waals surface area (Å²) in [5, 5.41) is 0. The molecule has 0 heterocycles. The van der Waals surface area contributed by atoms with Crippen molar-refractivity contribution < 1.29 is 4.74 Å². The van der Waals surface area contributed by atoms with Crippen LogP contribution in [0.4, 0.5) is 0 Å². The molecule has 2 rings (SSSR count). The zero-order valence-electron chi connectivity index (χ0n) is 11.3. The molecule has 100 valence electrons. The van der Waals surface area contributed by atoms with Gasteiger partial charge in [0.25, 0.3) is 0 Å². The highest BCUT2D eigenvalue weighted by Crippen LogP contribution is 2.29. The van der Waals surface area contributed by atoms with E-state index in [2.05, 4.69) is 43.8 Å². The van der Waals surface area contributed by atoms with E-state index in [4.69, 9.17) is 4.74 Å². The molecule has 1 fully saturated rings. The molecule has 0 radical (unpaired) electrons. The van der Waals surface area contributed by atoms with Gasteiger partial charge < -0.3 is 4.74 Å². The van der Waals surface area contributed by atoms with Gasteiger partial charge in [0.2, 0.25) is 0 Å². The van der Waals surface area contributed by atoms with Crippen molar-refractivity contribution in [3.63, 3.8) is 0 Å². The van der Waals surface area contributed by atoms with Crippen LogP contribution in [0.3, 0.4) is 0 Å². The van der Waals surface area contributed by atoms with Crippen LogP contribution >= 0.6 is 12.6 Å². The summed E-state index contributed by atoms with van der Waals surface area (Å²) in [5.41, 5.74) is 1.44. The predicted molar refractivity (Wildman–Crippen MR) is 79.4 cm³/mol. The molecule has 0 aromatic heterocycles. The summed E-state index contributed by atoms with van der Waals surface area (Å²) in [5.74, 6) is 0.900. The first-order valence-electron chi connectivity index (χ1n) is 7.17. The molecule has 1 aromatic carbocycles. The zero-order chi connectivity index (χ0) is 12.8. The van der Waals surface area contributed by atoms with Crippen LogP contribution < -0.4 is 0 Å². The van der Waals surface area contributed by atoms with Gasteiger partial charge in [0.15, 0.2) is 0 Å². The van der Waals surface area contributed by atoms with E-state index in [-0.39, 0.29) is 0 Å². The average molecular weight is 264 g/mol. The van der Waals surface area contributed by atoms with Crippen LogP contribution in [0.2, 0.25) is 0 Å². The largest absolute Gasteiger partial charge is 0.379 e. The number of hydrogen-bond donors (Lipinski definition) is 1. The highest BCUT2D eigenvalue weighted by atomic mass is 32.1. The summed E-state index contributed by atoms with van der Waals surface area (Å²) in [4.78, 5) is 1.05. The Kier molecular flexibility index (Phi) is 5.58. The lowest BCUT2D eigenvalue weighted by Gasteiger charge is -2.28. The second-order valence-corrected chi connectivity index (χ2v) is 5.82. The third-order valence-electron chi connectivity index (χ3n) is 3.97. The van der Waals surface area contributed by atoms with E-state index in [1.165, 1.54) is 44.1 Å². The molecule has 1 aliphatic rings. The molecular weight excluding hydrogens is 240 g/mol.